The fourth-order valence-corrected chi connectivity index (χ4v) is 2.30. The highest BCUT2D eigenvalue weighted by atomic mass is 16.3. The molecule has 2 unspecified atom stereocenters. The van der Waals surface area contributed by atoms with E-state index in [0.717, 1.165) is 18.7 Å². The molecule has 2 rings (SSSR count). The molecule has 16 heavy (non-hydrogen) atoms. The van der Waals surface area contributed by atoms with Crippen LogP contribution in [0.2, 0.25) is 0 Å². The van der Waals surface area contributed by atoms with Crippen LogP contribution in [0.25, 0.3) is 0 Å². The molecule has 2 atom stereocenters. The molecule has 4 heteroatoms. The number of nitrogens with two attached hydrogens (primary N) is 1. The van der Waals surface area contributed by atoms with Crippen LogP contribution in [-0.2, 0) is 0 Å². The monoisotopic (exact) mass is 222 g/mol. The van der Waals surface area contributed by atoms with E-state index in [1.54, 1.807) is 6.07 Å². The van der Waals surface area contributed by atoms with Crippen molar-refractivity contribution >= 4 is 5.91 Å². The van der Waals surface area contributed by atoms with Crippen LogP contribution in [0.3, 0.4) is 0 Å². The Morgan fingerprint density at radius 3 is 2.88 bits per heavy atom. The second-order valence-corrected chi connectivity index (χ2v) is 4.76. The quantitative estimate of drug-likeness (QED) is 0.781. The molecule has 1 aliphatic rings. The van der Waals surface area contributed by atoms with Gasteiger partial charge < -0.3 is 15.1 Å². The molecule has 2 heterocycles. The average Bonchev–Trinajstić information content (AvgIpc) is 2.62. The topological polar surface area (TPSA) is 59.5 Å². The minimum atomic E-state index is 0.0267. The minimum absolute atomic E-state index is 0.0267. The van der Waals surface area contributed by atoms with Gasteiger partial charge in [0.25, 0.3) is 5.91 Å². The smallest absolute Gasteiger partial charge is 0.257 e. The third-order valence-corrected chi connectivity index (χ3v) is 2.96. The van der Waals surface area contributed by atoms with Crippen LogP contribution in [-0.4, -0.2) is 29.9 Å². The van der Waals surface area contributed by atoms with Crippen molar-refractivity contribution in [2.75, 3.05) is 13.1 Å². The normalized spacial score (nSPS) is 25.8. The maximum absolute atomic E-state index is 12.1. The lowest BCUT2D eigenvalue weighted by Crippen LogP contribution is -2.48. The van der Waals surface area contributed by atoms with Gasteiger partial charge in [0.05, 0.1) is 5.56 Å². The fourth-order valence-electron chi connectivity index (χ4n) is 2.30. The van der Waals surface area contributed by atoms with E-state index in [1.807, 2.05) is 11.8 Å². The molecule has 0 saturated carbocycles. The fraction of sp³-hybridized carbons (Fsp3) is 0.583. The Balaban J connectivity index is 2.09. The van der Waals surface area contributed by atoms with Gasteiger partial charge in [0, 0.05) is 19.1 Å². The number of likely N-dealkylation sites (tertiary alicyclic amines) is 1. The number of hydrogen-bond donors (Lipinski definition) is 1. The van der Waals surface area contributed by atoms with Crippen molar-refractivity contribution in [3.8, 4) is 0 Å². The van der Waals surface area contributed by atoms with Crippen molar-refractivity contribution in [3.63, 3.8) is 0 Å². The molecular weight excluding hydrogens is 204 g/mol. The molecule has 4 nitrogen and oxygen atoms in total. The van der Waals surface area contributed by atoms with E-state index in [4.69, 9.17) is 10.2 Å². The first kappa shape index (κ1) is 11.2. The van der Waals surface area contributed by atoms with Gasteiger partial charge in [-0.3, -0.25) is 4.79 Å². The highest BCUT2D eigenvalue weighted by molar-refractivity contribution is 5.94. The summed E-state index contributed by atoms with van der Waals surface area (Å²) in [4.78, 5) is 13.9. The van der Waals surface area contributed by atoms with Crippen LogP contribution in [0.15, 0.2) is 16.7 Å². The van der Waals surface area contributed by atoms with Crippen molar-refractivity contribution in [3.05, 3.63) is 23.7 Å². The molecule has 1 aliphatic heterocycles. The van der Waals surface area contributed by atoms with Gasteiger partial charge in [-0.25, -0.2) is 0 Å². The van der Waals surface area contributed by atoms with Gasteiger partial charge in [0.1, 0.15) is 12.0 Å². The number of aryl methyl sites for hydroxylation is 1. The van der Waals surface area contributed by atoms with Gasteiger partial charge in [-0.05, 0) is 25.3 Å². The Labute approximate surface area is 95.4 Å². The molecule has 1 aromatic heterocycles. The van der Waals surface area contributed by atoms with Crippen molar-refractivity contribution in [1.82, 2.24) is 4.90 Å². The van der Waals surface area contributed by atoms with Crippen molar-refractivity contribution < 1.29 is 9.21 Å². The van der Waals surface area contributed by atoms with Crippen LogP contribution in [0.4, 0.5) is 0 Å². The summed E-state index contributed by atoms with van der Waals surface area (Å²) in [7, 11) is 0. The van der Waals surface area contributed by atoms with Gasteiger partial charge in [-0.15, -0.1) is 0 Å². The molecule has 0 spiro atoms. The number of rotatable bonds is 1. The Morgan fingerprint density at radius 2 is 2.31 bits per heavy atom. The zero-order valence-corrected chi connectivity index (χ0v) is 9.77. The molecule has 1 fully saturated rings. The predicted molar refractivity (Wildman–Crippen MR) is 61.1 cm³/mol. The molecule has 0 bridgehead atoms. The largest absolute Gasteiger partial charge is 0.469 e. The highest BCUT2D eigenvalue weighted by Crippen LogP contribution is 2.18. The molecule has 88 valence electrons. The van der Waals surface area contributed by atoms with Gasteiger partial charge in [0.2, 0.25) is 0 Å². The highest BCUT2D eigenvalue weighted by Gasteiger charge is 2.26. The van der Waals surface area contributed by atoms with Crippen LogP contribution in [0.5, 0.6) is 0 Å². The van der Waals surface area contributed by atoms with E-state index in [9.17, 15) is 4.79 Å². The van der Waals surface area contributed by atoms with E-state index in [-0.39, 0.29) is 11.9 Å². The molecule has 0 aliphatic carbocycles. The van der Waals surface area contributed by atoms with E-state index in [2.05, 4.69) is 6.92 Å². The van der Waals surface area contributed by atoms with E-state index in [0.29, 0.717) is 18.0 Å². The number of piperidine rings is 1. The standard InChI is InChI=1S/C12H18N2O2/c1-8-3-11(13)6-14(5-8)12(15)10-4-9(2)16-7-10/h4,7-8,11H,3,5-6,13H2,1-2H3. The SMILES string of the molecule is Cc1cc(C(=O)N2CC(C)CC(N)C2)co1. The van der Waals surface area contributed by atoms with E-state index >= 15 is 0 Å². The third kappa shape index (κ3) is 2.27. The van der Waals surface area contributed by atoms with E-state index in [1.165, 1.54) is 6.26 Å². The zero-order valence-electron chi connectivity index (χ0n) is 9.77. The number of furan rings is 1. The molecule has 1 aromatic rings. The van der Waals surface area contributed by atoms with Crippen LogP contribution in [0.1, 0.15) is 29.5 Å². The minimum Gasteiger partial charge on any atom is -0.469 e. The van der Waals surface area contributed by atoms with Crippen molar-refractivity contribution in [2.24, 2.45) is 11.7 Å². The Morgan fingerprint density at radius 1 is 1.56 bits per heavy atom. The lowest BCUT2D eigenvalue weighted by Gasteiger charge is -2.34. The lowest BCUT2D eigenvalue weighted by molar-refractivity contribution is 0.0660. The first-order valence-corrected chi connectivity index (χ1v) is 5.66. The molecule has 0 radical (unpaired) electrons. The third-order valence-electron chi connectivity index (χ3n) is 2.96. The first-order chi connectivity index (χ1) is 7.56. The lowest BCUT2D eigenvalue weighted by atomic mass is 9.96. The van der Waals surface area contributed by atoms with Crippen LogP contribution in [0, 0.1) is 12.8 Å². The summed E-state index contributed by atoms with van der Waals surface area (Å²) in [5.41, 5.74) is 6.54. The first-order valence-electron chi connectivity index (χ1n) is 5.66. The number of carbonyl (C=O) groups excluding carboxylic acids is 1. The molecule has 1 amide bonds. The number of amides is 1. The number of nitrogens with zero attached hydrogens (tertiary/aromatic N) is 1. The van der Waals surface area contributed by atoms with Crippen LogP contribution >= 0.6 is 0 Å². The number of carbonyl (C=O) groups is 1. The number of hydrogen-bond acceptors (Lipinski definition) is 3. The summed E-state index contributed by atoms with van der Waals surface area (Å²) in [5.74, 6) is 1.26. The van der Waals surface area contributed by atoms with Gasteiger partial charge >= 0.3 is 0 Å². The molecule has 2 N–H and O–H groups in total. The summed E-state index contributed by atoms with van der Waals surface area (Å²) >= 11 is 0. The van der Waals surface area contributed by atoms with Gasteiger partial charge in [-0.1, -0.05) is 6.92 Å². The Hall–Kier alpha value is -1.29. The molecule has 1 saturated heterocycles. The summed E-state index contributed by atoms with van der Waals surface area (Å²) in [6.07, 6.45) is 2.51. The van der Waals surface area contributed by atoms with Gasteiger partial charge in [0.15, 0.2) is 0 Å². The van der Waals surface area contributed by atoms with E-state index < -0.39 is 0 Å². The average molecular weight is 222 g/mol. The molecular formula is C12H18N2O2. The van der Waals surface area contributed by atoms with Crippen LogP contribution < -0.4 is 5.73 Å². The van der Waals surface area contributed by atoms with Crippen molar-refractivity contribution in [2.45, 2.75) is 26.3 Å². The summed E-state index contributed by atoms with van der Waals surface area (Å²) < 4.78 is 5.15. The summed E-state index contributed by atoms with van der Waals surface area (Å²) in [5, 5.41) is 0. The Bertz CT molecular complexity index is 376. The Kier molecular flexibility index (Phi) is 3.01. The zero-order chi connectivity index (χ0) is 11.7. The predicted octanol–water partition coefficient (Wildman–Crippen LogP) is 1.40. The summed E-state index contributed by atoms with van der Waals surface area (Å²) in [6, 6.07) is 1.87. The maximum Gasteiger partial charge on any atom is 0.257 e. The molecule has 0 aromatic carbocycles. The second-order valence-electron chi connectivity index (χ2n) is 4.76. The summed E-state index contributed by atoms with van der Waals surface area (Å²) in [6.45, 7) is 5.39. The second kappa shape index (κ2) is 4.29. The maximum atomic E-state index is 12.1. The van der Waals surface area contributed by atoms with Gasteiger partial charge in [-0.2, -0.15) is 0 Å². The van der Waals surface area contributed by atoms with Crippen molar-refractivity contribution in [1.29, 1.82) is 0 Å².